The zero-order valence-corrected chi connectivity index (χ0v) is 8.54. The van der Waals surface area contributed by atoms with Gasteiger partial charge in [0.2, 0.25) is 0 Å². The van der Waals surface area contributed by atoms with Gasteiger partial charge in [-0.15, -0.1) is 0 Å². The van der Waals surface area contributed by atoms with Crippen LogP contribution in [0.25, 0.3) is 0 Å². The number of ether oxygens (including phenoxy) is 1. The number of benzene rings is 1. The third-order valence-electron chi connectivity index (χ3n) is 2.71. The molecule has 1 aromatic carbocycles. The van der Waals surface area contributed by atoms with Crippen LogP contribution < -0.4 is 0 Å². The van der Waals surface area contributed by atoms with Crippen LogP contribution in [0.3, 0.4) is 0 Å². The second-order valence-corrected chi connectivity index (χ2v) is 3.74. The topological polar surface area (TPSA) is 12.5 Å². The Hall–Kier alpha value is -1.00. The Balaban J connectivity index is 2.30. The van der Waals surface area contributed by atoms with Gasteiger partial charge in [0.1, 0.15) is 11.6 Å². The minimum Gasteiger partial charge on any atom is -0.378 e. The molecule has 1 aromatic rings. The Morgan fingerprint density at radius 2 is 2.20 bits per heavy atom. The predicted octanol–water partition coefficient (Wildman–Crippen LogP) is 1.97. The van der Waals surface area contributed by atoms with Crippen LogP contribution in [0.5, 0.6) is 0 Å². The first-order valence-electron chi connectivity index (χ1n) is 4.91. The summed E-state index contributed by atoms with van der Waals surface area (Å²) in [6.45, 7) is 1.79. The second-order valence-electron chi connectivity index (χ2n) is 3.74. The number of hydrogen-bond donors (Lipinski definition) is 0. The van der Waals surface area contributed by atoms with Crippen LogP contribution in [-0.4, -0.2) is 31.7 Å². The molecule has 1 fully saturated rings. The predicted molar refractivity (Wildman–Crippen MR) is 52.5 cm³/mol. The van der Waals surface area contributed by atoms with Crippen molar-refractivity contribution < 1.29 is 13.5 Å². The van der Waals surface area contributed by atoms with Crippen LogP contribution in [0.2, 0.25) is 0 Å². The summed E-state index contributed by atoms with van der Waals surface area (Å²) in [5.41, 5.74) is 0.372. The number of nitrogens with zero attached hydrogens (tertiary/aromatic N) is 1. The van der Waals surface area contributed by atoms with Gasteiger partial charge in [-0.3, -0.25) is 4.90 Å². The van der Waals surface area contributed by atoms with E-state index in [4.69, 9.17) is 4.74 Å². The Bertz CT molecular complexity index is 356. The van der Waals surface area contributed by atoms with Crippen molar-refractivity contribution in [1.29, 1.82) is 0 Å². The largest absolute Gasteiger partial charge is 0.378 e. The minimum atomic E-state index is -0.412. The summed E-state index contributed by atoms with van der Waals surface area (Å²) in [5, 5.41) is 0. The van der Waals surface area contributed by atoms with Gasteiger partial charge < -0.3 is 4.74 Å². The summed E-state index contributed by atoms with van der Waals surface area (Å²) in [6.07, 6.45) is 0. The molecule has 0 bridgehead atoms. The van der Waals surface area contributed by atoms with Gasteiger partial charge in [-0.2, -0.15) is 0 Å². The van der Waals surface area contributed by atoms with Crippen molar-refractivity contribution in [3.05, 3.63) is 35.4 Å². The molecule has 0 aromatic heterocycles. The smallest absolute Gasteiger partial charge is 0.128 e. The molecule has 0 amide bonds. The van der Waals surface area contributed by atoms with E-state index in [0.29, 0.717) is 18.8 Å². The van der Waals surface area contributed by atoms with E-state index < -0.39 is 5.82 Å². The van der Waals surface area contributed by atoms with Crippen molar-refractivity contribution in [2.45, 2.75) is 6.04 Å². The van der Waals surface area contributed by atoms with E-state index in [1.807, 2.05) is 11.9 Å². The Morgan fingerprint density at radius 3 is 2.93 bits per heavy atom. The number of morpholine rings is 1. The van der Waals surface area contributed by atoms with Crippen molar-refractivity contribution in [2.75, 3.05) is 26.8 Å². The molecular formula is C11H13F2NO. The van der Waals surface area contributed by atoms with Crippen LogP contribution in [0, 0.1) is 11.6 Å². The van der Waals surface area contributed by atoms with Crippen molar-refractivity contribution >= 4 is 0 Å². The molecule has 0 saturated carbocycles. The fourth-order valence-corrected chi connectivity index (χ4v) is 1.78. The molecule has 2 rings (SSSR count). The summed E-state index contributed by atoms with van der Waals surface area (Å²) in [4.78, 5) is 1.97. The maximum Gasteiger partial charge on any atom is 0.128 e. The van der Waals surface area contributed by atoms with Crippen LogP contribution in [0.4, 0.5) is 8.78 Å². The average molecular weight is 213 g/mol. The van der Waals surface area contributed by atoms with E-state index in [1.54, 1.807) is 0 Å². The molecule has 1 atom stereocenters. The fourth-order valence-electron chi connectivity index (χ4n) is 1.78. The molecule has 1 heterocycles. The Labute approximate surface area is 87.5 Å². The number of hydrogen-bond acceptors (Lipinski definition) is 2. The molecule has 15 heavy (non-hydrogen) atoms. The lowest BCUT2D eigenvalue weighted by atomic mass is 10.0. The highest BCUT2D eigenvalue weighted by Crippen LogP contribution is 2.25. The molecule has 82 valence electrons. The summed E-state index contributed by atoms with van der Waals surface area (Å²) < 4.78 is 31.8. The summed E-state index contributed by atoms with van der Waals surface area (Å²) in [5.74, 6) is -0.788. The van der Waals surface area contributed by atoms with E-state index in [9.17, 15) is 8.78 Å². The van der Waals surface area contributed by atoms with Gasteiger partial charge in [0, 0.05) is 12.1 Å². The molecule has 1 aliphatic heterocycles. The molecule has 0 spiro atoms. The zero-order valence-electron chi connectivity index (χ0n) is 8.54. The summed E-state index contributed by atoms with van der Waals surface area (Å²) in [7, 11) is 1.89. The van der Waals surface area contributed by atoms with E-state index in [2.05, 4.69) is 0 Å². The number of rotatable bonds is 1. The van der Waals surface area contributed by atoms with Crippen LogP contribution in [0.15, 0.2) is 18.2 Å². The lowest BCUT2D eigenvalue weighted by Gasteiger charge is -2.32. The van der Waals surface area contributed by atoms with Gasteiger partial charge in [-0.05, 0) is 25.2 Å². The van der Waals surface area contributed by atoms with Gasteiger partial charge in [-0.1, -0.05) is 0 Å². The molecular weight excluding hydrogens is 200 g/mol. The quantitative estimate of drug-likeness (QED) is 0.707. The van der Waals surface area contributed by atoms with E-state index in [-0.39, 0.29) is 11.9 Å². The first kappa shape index (κ1) is 10.5. The van der Waals surface area contributed by atoms with Gasteiger partial charge in [-0.25, -0.2) is 8.78 Å². The monoisotopic (exact) mass is 213 g/mol. The van der Waals surface area contributed by atoms with Gasteiger partial charge in [0.25, 0.3) is 0 Å². The van der Waals surface area contributed by atoms with Gasteiger partial charge in [0.15, 0.2) is 0 Å². The maximum absolute atomic E-state index is 13.5. The van der Waals surface area contributed by atoms with Crippen molar-refractivity contribution in [3.8, 4) is 0 Å². The van der Waals surface area contributed by atoms with Crippen molar-refractivity contribution in [2.24, 2.45) is 0 Å². The standard InChI is InChI=1S/C11H13F2NO/c1-14-4-5-15-7-11(14)9-6-8(12)2-3-10(9)13/h2-3,6,11H,4-5,7H2,1H3. The first-order valence-corrected chi connectivity index (χ1v) is 4.91. The summed E-state index contributed by atoms with van der Waals surface area (Å²) >= 11 is 0. The summed E-state index contributed by atoms with van der Waals surface area (Å²) in [6, 6.07) is 3.34. The highest BCUT2D eigenvalue weighted by Gasteiger charge is 2.24. The molecule has 2 nitrogen and oxygen atoms in total. The molecule has 0 N–H and O–H groups in total. The Morgan fingerprint density at radius 1 is 1.40 bits per heavy atom. The molecule has 1 aliphatic rings. The van der Waals surface area contributed by atoms with Crippen LogP contribution in [0.1, 0.15) is 11.6 Å². The van der Waals surface area contributed by atoms with Gasteiger partial charge in [0.05, 0.1) is 19.3 Å². The highest BCUT2D eigenvalue weighted by atomic mass is 19.1. The molecule has 1 saturated heterocycles. The average Bonchev–Trinajstić information content (AvgIpc) is 2.23. The van der Waals surface area contributed by atoms with E-state index in [1.165, 1.54) is 6.07 Å². The van der Waals surface area contributed by atoms with Crippen molar-refractivity contribution in [1.82, 2.24) is 4.90 Å². The molecule has 1 unspecified atom stereocenters. The SMILES string of the molecule is CN1CCOCC1c1cc(F)ccc1F. The number of likely N-dealkylation sites (N-methyl/N-ethyl adjacent to an activating group) is 1. The third-order valence-corrected chi connectivity index (χ3v) is 2.71. The third kappa shape index (κ3) is 2.16. The van der Waals surface area contributed by atoms with E-state index in [0.717, 1.165) is 18.7 Å². The van der Waals surface area contributed by atoms with Crippen LogP contribution in [-0.2, 0) is 4.74 Å². The molecule has 0 radical (unpaired) electrons. The number of halogens is 2. The molecule has 0 aliphatic carbocycles. The molecule has 4 heteroatoms. The maximum atomic E-state index is 13.5. The lowest BCUT2D eigenvalue weighted by Crippen LogP contribution is -2.37. The second kappa shape index (κ2) is 4.24. The first-order chi connectivity index (χ1) is 7.18. The van der Waals surface area contributed by atoms with Crippen molar-refractivity contribution in [3.63, 3.8) is 0 Å². The minimum absolute atomic E-state index is 0.186. The fraction of sp³-hybridized carbons (Fsp3) is 0.455. The van der Waals surface area contributed by atoms with E-state index >= 15 is 0 Å². The van der Waals surface area contributed by atoms with Crippen LogP contribution >= 0.6 is 0 Å². The van der Waals surface area contributed by atoms with Gasteiger partial charge >= 0.3 is 0 Å². The zero-order chi connectivity index (χ0) is 10.8. The Kier molecular flexibility index (Phi) is 2.98. The normalized spacial score (nSPS) is 23.0. The lowest BCUT2D eigenvalue weighted by molar-refractivity contribution is 0.00370. The highest BCUT2D eigenvalue weighted by molar-refractivity contribution is 5.22.